The predicted octanol–water partition coefficient (Wildman–Crippen LogP) is 17.1. The molecule has 0 spiro atoms. The number of nitrogens with one attached hydrogen (secondary N) is 4. The zero-order valence-electron chi connectivity index (χ0n) is 64.3. The molecule has 0 aliphatic carbocycles. The Hall–Kier alpha value is -10.3. The number of non-ortho nitro benzene ring substituents is 2. The molecule has 12 aromatic carbocycles. The number of hydrogen-bond donors (Lipinski definition) is 4. The molecule has 12 rings (SSSR count). The third-order valence-corrected chi connectivity index (χ3v) is 26.9. The number of para-hydroxylation sites is 4. The van der Waals surface area contributed by atoms with E-state index in [2.05, 4.69) is 204 Å². The van der Waals surface area contributed by atoms with E-state index in [0.717, 1.165) is 0 Å². The maximum atomic E-state index is 14.0. The molecule has 0 fully saturated rings. The molecule has 0 radical (unpaired) electrons. The number of carbonyl (C=O) groups is 2. The van der Waals surface area contributed by atoms with Crippen LogP contribution in [-0.2, 0) is 74.1 Å². The van der Waals surface area contributed by atoms with Crippen LogP contribution in [-0.4, -0.2) is 70.2 Å². The Labute approximate surface area is 734 Å². The van der Waals surface area contributed by atoms with Gasteiger partial charge in [0.15, 0.2) is 31.8 Å². The van der Waals surface area contributed by atoms with E-state index in [1.807, 2.05) is 38.1 Å². The molecule has 648 valence electrons. The Kier molecular flexibility index (Phi) is 42.7. The van der Waals surface area contributed by atoms with E-state index in [4.69, 9.17) is 44.0 Å². The number of amides is 2. The maximum absolute atomic E-state index is 14.0. The minimum Gasteiger partial charge on any atom is -0.741 e. The largest absolute Gasteiger partial charge is 1.00 e. The van der Waals surface area contributed by atoms with Crippen molar-refractivity contribution < 1.29 is 144 Å². The first kappa shape index (κ1) is 102. The van der Waals surface area contributed by atoms with Gasteiger partial charge in [-0.2, -0.15) is 26.3 Å². The second-order valence-electron chi connectivity index (χ2n) is 24.9. The SMILES string of the molecule is CCC[C@@H](NNC(=O)c1ccc([N+](=O)[O-])cc1)P(=O)(Oc1ccccc1)Oc1ccccc1.CCC[C@H](NNC(=O)c1ccc([N+](=O)[O-])cc1)P(=O)(Oc1ccccc1)Oc1ccccc1.O=S(=O)([O-])C(F)(F)F.O=S(=O)([O-])C(F)(F)F.[Ag+].[Ag+].c1ccc([PH+](c2ccccc2)c2ccccc2)cc1.c1ccc([PH+](c2ccccc2)c2ccccc2)cc1. The van der Waals surface area contributed by atoms with Crippen molar-refractivity contribution in [1.29, 1.82) is 0 Å². The van der Waals surface area contributed by atoms with E-state index in [1.54, 1.807) is 97.1 Å². The number of rotatable bonds is 28. The summed E-state index contributed by atoms with van der Waals surface area (Å²) in [5.74, 6) is -1.38. The maximum Gasteiger partial charge on any atom is 1.00 e. The van der Waals surface area contributed by atoms with Crippen molar-refractivity contribution in [2.75, 3.05) is 0 Å². The molecule has 0 unspecified atom stereocenters. The number of nitro benzene ring substituents is 2. The molecule has 0 aliphatic rings. The number of nitrogens with zero attached hydrogens (tertiary/aromatic N) is 2. The van der Waals surface area contributed by atoms with Crippen LogP contribution in [0.4, 0.5) is 37.7 Å². The van der Waals surface area contributed by atoms with E-state index >= 15 is 0 Å². The van der Waals surface area contributed by atoms with Gasteiger partial charge < -0.3 is 27.2 Å². The van der Waals surface area contributed by atoms with Gasteiger partial charge in [0, 0.05) is 35.4 Å². The fraction of sp³-hybridized carbons (Fsp3) is 0.119. The van der Waals surface area contributed by atoms with Gasteiger partial charge in [-0.15, -0.1) is 0 Å². The third-order valence-electron chi connectivity index (χ3n) is 16.1. The monoisotopic (exact) mass is 1980 g/mol. The third kappa shape index (κ3) is 33.8. The summed E-state index contributed by atoms with van der Waals surface area (Å²) in [7, 11) is -21.7. The van der Waals surface area contributed by atoms with Gasteiger partial charge >= 0.3 is 71.0 Å². The molecule has 2 atom stereocenters. The summed E-state index contributed by atoms with van der Waals surface area (Å²) in [6.07, 6.45) is 2.01. The number of alkyl halides is 6. The van der Waals surface area contributed by atoms with E-state index in [1.165, 1.54) is 80.4 Å². The van der Waals surface area contributed by atoms with Gasteiger partial charge in [0.1, 0.15) is 54.8 Å². The van der Waals surface area contributed by atoms with Crippen LogP contribution < -0.4 is 71.6 Å². The van der Waals surface area contributed by atoms with Gasteiger partial charge in [0.05, 0.1) is 25.7 Å². The first-order chi connectivity index (χ1) is 57.2. The van der Waals surface area contributed by atoms with Crippen LogP contribution in [0, 0.1) is 20.2 Å². The Bertz CT molecular complexity index is 4860. The normalized spacial score (nSPS) is 11.6. The minimum atomic E-state index is -6.09. The Morgan fingerprint density at radius 1 is 0.352 bits per heavy atom. The summed E-state index contributed by atoms with van der Waals surface area (Å²) in [6, 6.07) is 110. The number of hydrogen-bond acceptors (Lipinski definition) is 20. The first-order valence-corrected chi connectivity index (χ1v) is 45.2. The first-order valence-electron chi connectivity index (χ1n) is 36.1. The quantitative estimate of drug-likeness (QED) is 0.00673. The van der Waals surface area contributed by atoms with Crippen molar-refractivity contribution in [3.05, 3.63) is 383 Å². The van der Waals surface area contributed by atoms with Crippen molar-refractivity contribution in [2.24, 2.45) is 0 Å². The molecule has 38 heteroatoms. The molecule has 12 aromatic rings. The second kappa shape index (κ2) is 51.0. The van der Waals surface area contributed by atoms with Crippen LogP contribution >= 0.6 is 31.0 Å². The summed E-state index contributed by atoms with van der Waals surface area (Å²) < 4.78 is 169. The second-order valence-corrected chi connectivity index (χ2v) is 36.7. The summed E-state index contributed by atoms with van der Waals surface area (Å²) in [5.41, 5.74) is -0.521. The van der Waals surface area contributed by atoms with Crippen LogP contribution in [0.5, 0.6) is 23.0 Å². The fourth-order valence-electron chi connectivity index (χ4n) is 10.5. The zero-order valence-corrected chi connectivity index (χ0v) is 72.7. The van der Waals surface area contributed by atoms with E-state index < -0.39 is 95.5 Å². The number of hydrazine groups is 2. The average Bonchev–Trinajstić information content (AvgIpc) is 0.836. The zero-order chi connectivity index (χ0) is 87.2. The van der Waals surface area contributed by atoms with Crippen LogP contribution in [0.1, 0.15) is 60.2 Å². The van der Waals surface area contributed by atoms with Gasteiger partial charge in [-0.25, -0.2) is 36.8 Å². The van der Waals surface area contributed by atoms with Crippen molar-refractivity contribution in [3.63, 3.8) is 0 Å². The Balaban J connectivity index is 0.000000277. The summed E-state index contributed by atoms with van der Waals surface area (Å²) in [4.78, 5) is 45.7. The van der Waals surface area contributed by atoms with Crippen LogP contribution in [0.25, 0.3) is 0 Å². The summed E-state index contributed by atoms with van der Waals surface area (Å²) in [6.45, 7) is 3.81. The Morgan fingerprint density at radius 2 is 0.525 bits per heavy atom. The average molecular weight is 1980 g/mol. The minimum absolute atomic E-state index is 0. The van der Waals surface area contributed by atoms with Crippen LogP contribution in [0.3, 0.4) is 0 Å². The molecule has 0 saturated heterocycles. The standard InChI is InChI=1S/2C23H24N3O6P.2C18H15P.2CHF3O3S.2Ag/c2*1-2-9-22(24-25-23(27)18-14-16-19(17-15-18)26(28)29)33(30,31-20-10-5-3-6-11-20)32-21-12-7-4-8-13-21;2*1-4-10-16(11-5-1)19(17-12-6-2-7-13-17)18-14-8-3-9-15-18;2*2-1(3,4)8(5,6)7;;/h2*3-8,10-17,22,24H,2,9H2,1H3,(H,25,27);2*1-15H;2*(H,5,6,7);;/q;;;;;;2*+1/t2*22-;;;;;;/m10....../s1. The van der Waals surface area contributed by atoms with Crippen molar-refractivity contribution in [2.45, 2.75) is 62.1 Å². The molecule has 0 aromatic heterocycles. The number of halogens is 6. The van der Waals surface area contributed by atoms with E-state index in [9.17, 15) is 65.3 Å². The van der Waals surface area contributed by atoms with Crippen molar-refractivity contribution in [1.82, 2.24) is 21.7 Å². The molecular formula is C84H80Ag2F6N6O18P4S2+2. The molecule has 0 saturated carbocycles. The molecular weight excluding hydrogens is 1900 g/mol. The van der Waals surface area contributed by atoms with E-state index in [0.29, 0.717) is 48.7 Å². The molecule has 122 heavy (non-hydrogen) atoms. The van der Waals surface area contributed by atoms with Gasteiger partial charge in [-0.1, -0.05) is 209 Å². The molecule has 0 heterocycles. The summed E-state index contributed by atoms with van der Waals surface area (Å²) in [5, 5.41) is 30.2. The predicted molar refractivity (Wildman–Crippen MR) is 453 cm³/mol. The fourth-order valence-corrected chi connectivity index (χ4v) is 19.5. The number of nitro groups is 2. The smallest absolute Gasteiger partial charge is 0.741 e. The van der Waals surface area contributed by atoms with Gasteiger partial charge in [-0.3, -0.25) is 40.7 Å². The number of benzene rings is 12. The van der Waals surface area contributed by atoms with Gasteiger partial charge in [0.25, 0.3) is 23.2 Å². The van der Waals surface area contributed by atoms with Crippen LogP contribution in [0.2, 0.25) is 0 Å². The topological polar surface area (TPSA) is 354 Å². The molecule has 24 nitrogen and oxygen atoms in total. The van der Waals surface area contributed by atoms with Crippen molar-refractivity contribution >= 4 is 106 Å². The molecule has 4 N–H and O–H groups in total. The summed E-state index contributed by atoms with van der Waals surface area (Å²) >= 11 is 0. The molecule has 2 amide bonds. The van der Waals surface area contributed by atoms with Crippen molar-refractivity contribution in [3.8, 4) is 23.0 Å². The van der Waals surface area contributed by atoms with Crippen LogP contribution in [0.15, 0.2) is 352 Å². The van der Waals surface area contributed by atoms with Gasteiger partial charge in [-0.05, 0) is 158 Å². The van der Waals surface area contributed by atoms with Gasteiger partial charge in [0.2, 0.25) is 0 Å². The molecule has 0 aliphatic heterocycles. The van der Waals surface area contributed by atoms with E-state index in [-0.39, 0.29) is 67.3 Å². The molecule has 0 bridgehead atoms. The Morgan fingerprint density at radius 3 is 0.680 bits per heavy atom. The number of carbonyl (C=O) groups excluding carboxylic acids is 2.